The number of methoxy groups -OCH3 is 1. The van der Waals surface area contributed by atoms with E-state index < -0.39 is 0 Å². The summed E-state index contributed by atoms with van der Waals surface area (Å²) in [5.74, 6) is 4.24. The Kier molecular flexibility index (Phi) is 5.43. The van der Waals surface area contributed by atoms with Crippen molar-refractivity contribution < 1.29 is 4.74 Å². The molecule has 2 fully saturated rings. The summed E-state index contributed by atoms with van der Waals surface area (Å²) in [5.41, 5.74) is 3.64. The van der Waals surface area contributed by atoms with E-state index >= 15 is 0 Å². The number of hydrogen-bond donors (Lipinski definition) is 0. The third-order valence-corrected chi connectivity index (χ3v) is 6.90. The monoisotopic (exact) mass is 416 g/mol. The molecule has 5 heteroatoms. The van der Waals surface area contributed by atoms with E-state index in [2.05, 4.69) is 66.2 Å². The van der Waals surface area contributed by atoms with E-state index in [-0.39, 0.29) is 0 Å². The maximum atomic E-state index is 5.62. The van der Waals surface area contributed by atoms with E-state index in [1.807, 2.05) is 0 Å². The molecule has 0 N–H and O–H groups in total. The lowest BCUT2D eigenvalue weighted by atomic mass is 9.88. The molecule has 1 aliphatic heterocycles. The normalized spacial score (nSPS) is 17.2. The predicted molar refractivity (Wildman–Crippen MR) is 128 cm³/mol. The van der Waals surface area contributed by atoms with Crippen molar-refractivity contribution in [3.63, 3.8) is 0 Å². The van der Waals surface area contributed by atoms with Crippen LogP contribution >= 0.6 is 0 Å². The average molecular weight is 417 g/mol. The van der Waals surface area contributed by atoms with Crippen LogP contribution < -0.4 is 14.5 Å². The van der Waals surface area contributed by atoms with Crippen LogP contribution in [0.25, 0.3) is 10.9 Å². The molecule has 5 nitrogen and oxygen atoms in total. The van der Waals surface area contributed by atoms with Gasteiger partial charge in [-0.3, -0.25) is 0 Å². The standard InChI is InChI=1S/C26H32N4O/c1-4-29(2)22-10-7-9-21-24(22)27-25(19-12-13-19)28-26(21)30-16-14-18(15-17-30)20-8-5-6-11-23(20)31-3/h5-11,18-19H,4,12-17H2,1-3H3. The highest BCUT2D eigenvalue weighted by molar-refractivity contribution is 5.97. The number of hydrogen-bond acceptors (Lipinski definition) is 5. The molecule has 0 radical (unpaired) electrons. The number of ether oxygens (including phenoxy) is 1. The molecule has 0 amide bonds. The highest BCUT2D eigenvalue weighted by Gasteiger charge is 2.30. The first kappa shape index (κ1) is 20.1. The summed E-state index contributed by atoms with van der Waals surface area (Å²) in [6.45, 7) is 5.16. The summed E-state index contributed by atoms with van der Waals surface area (Å²) in [5, 5.41) is 1.18. The van der Waals surface area contributed by atoms with E-state index in [0.717, 1.165) is 55.4 Å². The first-order chi connectivity index (χ1) is 15.2. The molecule has 1 aromatic heterocycles. The van der Waals surface area contributed by atoms with Crippen molar-refractivity contribution in [2.24, 2.45) is 0 Å². The molecule has 1 aliphatic carbocycles. The summed E-state index contributed by atoms with van der Waals surface area (Å²) in [4.78, 5) is 14.9. The van der Waals surface area contributed by atoms with Gasteiger partial charge in [0, 0.05) is 38.0 Å². The zero-order valence-electron chi connectivity index (χ0n) is 18.8. The lowest BCUT2D eigenvalue weighted by Gasteiger charge is -2.34. The Morgan fingerprint density at radius 1 is 0.968 bits per heavy atom. The predicted octanol–water partition coefficient (Wildman–Crippen LogP) is 5.36. The molecule has 5 rings (SSSR count). The van der Waals surface area contributed by atoms with Crippen molar-refractivity contribution >= 4 is 22.4 Å². The molecule has 1 saturated carbocycles. The number of para-hydroxylation sites is 2. The van der Waals surface area contributed by atoms with Crippen LogP contribution in [-0.4, -0.2) is 43.8 Å². The summed E-state index contributed by atoms with van der Waals surface area (Å²) in [7, 11) is 3.91. The second kappa shape index (κ2) is 8.37. The van der Waals surface area contributed by atoms with E-state index in [4.69, 9.17) is 14.7 Å². The Morgan fingerprint density at radius 2 is 1.74 bits per heavy atom. The van der Waals surface area contributed by atoms with Crippen LogP contribution in [0.1, 0.15) is 55.8 Å². The molecule has 162 valence electrons. The van der Waals surface area contributed by atoms with Gasteiger partial charge >= 0.3 is 0 Å². The second-order valence-corrected chi connectivity index (χ2v) is 8.87. The van der Waals surface area contributed by atoms with Gasteiger partial charge in [0.25, 0.3) is 0 Å². The fourth-order valence-corrected chi connectivity index (χ4v) is 4.79. The van der Waals surface area contributed by atoms with Gasteiger partial charge in [0.05, 0.1) is 18.3 Å². The van der Waals surface area contributed by atoms with Crippen molar-refractivity contribution in [2.75, 3.05) is 43.6 Å². The van der Waals surface area contributed by atoms with Gasteiger partial charge < -0.3 is 14.5 Å². The van der Waals surface area contributed by atoms with E-state index in [1.165, 1.54) is 29.5 Å². The zero-order valence-corrected chi connectivity index (χ0v) is 18.8. The van der Waals surface area contributed by atoms with Gasteiger partial charge in [0.1, 0.15) is 17.4 Å². The molecule has 0 spiro atoms. The summed E-state index contributed by atoms with van der Waals surface area (Å²) < 4.78 is 5.62. The molecule has 3 aromatic rings. The number of nitrogens with zero attached hydrogens (tertiary/aromatic N) is 4. The van der Waals surface area contributed by atoms with Crippen LogP contribution in [0, 0.1) is 0 Å². The maximum absolute atomic E-state index is 5.62. The molecular weight excluding hydrogens is 384 g/mol. The molecule has 2 aliphatic rings. The minimum Gasteiger partial charge on any atom is -0.496 e. The summed E-state index contributed by atoms with van der Waals surface area (Å²) in [6.07, 6.45) is 4.65. The van der Waals surface area contributed by atoms with Crippen LogP contribution in [0.15, 0.2) is 42.5 Å². The topological polar surface area (TPSA) is 41.5 Å². The number of benzene rings is 2. The van der Waals surface area contributed by atoms with Gasteiger partial charge in [-0.15, -0.1) is 0 Å². The highest BCUT2D eigenvalue weighted by Crippen LogP contribution is 2.42. The molecule has 31 heavy (non-hydrogen) atoms. The number of rotatable bonds is 6. The smallest absolute Gasteiger partial charge is 0.140 e. The van der Waals surface area contributed by atoms with Gasteiger partial charge in [-0.25, -0.2) is 9.97 Å². The Morgan fingerprint density at radius 3 is 2.45 bits per heavy atom. The SMILES string of the molecule is CCN(C)c1cccc2c(N3CCC(c4ccccc4OC)CC3)nc(C3CC3)nc12. The van der Waals surface area contributed by atoms with Crippen LogP contribution in [0.5, 0.6) is 5.75 Å². The Bertz CT molecular complexity index is 1070. The fourth-order valence-electron chi connectivity index (χ4n) is 4.79. The van der Waals surface area contributed by atoms with Crippen molar-refractivity contribution in [3.05, 3.63) is 53.9 Å². The van der Waals surface area contributed by atoms with E-state index in [0.29, 0.717) is 11.8 Å². The molecular formula is C26H32N4O. The molecule has 2 heterocycles. The number of anilines is 2. The fraction of sp³-hybridized carbons (Fsp3) is 0.462. The number of piperidine rings is 1. The number of aromatic nitrogens is 2. The minimum atomic E-state index is 0.533. The third kappa shape index (κ3) is 3.82. The van der Waals surface area contributed by atoms with Gasteiger partial charge in [-0.05, 0) is 62.3 Å². The maximum Gasteiger partial charge on any atom is 0.140 e. The summed E-state index contributed by atoms with van der Waals surface area (Å²) >= 11 is 0. The first-order valence-electron chi connectivity index (χ1n) is 11.6. The Labute approximate surface area is 185 Å². The largest absolute Gasteiger partial charge is 0.496 e. The first-order valence-corrected chi connectivity index (χ1v) is 11.6. The van der Waals surface area contributed by atoms with Crippen molar-refractivity contribution in [1.82, 2.24) is 9.97 Å². The molecule has 0 unspecified atom stereocenters. The van der Waals surface area contributed by atoms with E-state index in [1.54, 1.807) is 7.11 Å². The quantitative estimate of drug-likeness (QED) is 0.541. The third-order valence-electron chi connectivity index (χ3n) is 6.90. The molecule has 1 saturated heterocycles. The minimum absolute atomic E-state index is 0.533. The Balaban J connectivity index is 1.48. The molecule has 2 aromatic carbocycles. The number of fused-ring (bicyclic) bond motifs is 1. The van der Waals surface area contributed by atoms with Crippen molar-refractivity contribution in [1.29, 1.82) is 0 Å². The van der Waals surface area contributed by atoms with Crippen LogP contribution in [0.2, 0.25) is 0 Å². The van der Waals surface area contributed by atoms with Crippen LogP contribution in [0.3, 0.4) is 0 Å². The highest BCUT2D eigenvalue weighted by atomic mass is 16.5. The lowest BCUT2D eigenvalue weighted by Crippen LogP contribution is -2.34. The van der Waals surface area contributed by atoms with Gasteiger partial charge in [0.2, 0.25) is 0 Å². The zero-order chi connectivity index (χ0) is 21.4. The lowest BCUT2D eigenvalue weighted by molar-refractivity contribution is 0.397. The van der Waals surface area contributed by atoms with Crippen LogP contribution in [0.4, 0.5) is 11.5 Å². The second-order valence-electron chi connectivity index (χ2n) is 8.87. The molecule has 0 atom stereocenters. The molecule has 0 bridgehead atoms. The average Bonchev–Trinajstić information content (AvgIpc) is 3.68. The van der Waals surface area contributed by atoms with Crippen molar-refractivity contribution in [3.8, 4) is 5.75 Å². The Hall–Kier alpha value is -2.82. The van der Waals surface area contributed by atoms with Gasteiger partial charge in [0.15, 0.2) is 0 Å². The van der Waals surface area contributed by atoms with Gasteiger partial charge in [-0.2, -0.15) is 0 Å². The van der Waals surface area contributed by atoms with Gasteiger partial charge in [-0.1, -0.05) is 24.3 Å². The van der Waals surface area contributed by atoms with Crippen LogP contribution in [-0.2, 0) is 0 Å². The van der Waals surface area contributed by atoms with Crippen molar-refractivity contribution in [2.45, 2.75) is 44.4 Å². The summed E-state index contributed by atoms with van der Waals surface area (Å²) in [6, 6.07) is 15.0. The van der Waals surface area contributed by atoms with E-state index in [9.17, 15) is 0 Å².